The lowest BCUT2D eigenvalue weighted by molar-refractivity contribution is 0.00648. The Hall–Kier alpha value is -0.990. The van der Waals surface area contributed by atoms with E-state index >= 15 is 0 Å². The molecule has 1 saturated heterocycles. The number of aromatic nitrogens is 3. The molecule has 1 aliphatic heterocycles. The van der Waals surface area contributed by atoms with E-state index in [1.807, 2.05) is 13.8 Å². The minimum atomic E-state index is -3.86. The molecule has 1 atom stereocenters. The Balaban J connectivity index is 2.40. The minimum Gasteiger partial charge on any atom is -0.370 e. The summed E-state index contributed by atoms with van der Waals surface area (Å²) in [7, 11) is -3.86. The third kappa shape index (κ3) is 3.31. The van der Waals surface area contributed by atoms with Gasteiger partial charge in [-0.15, -0.1) is 10.2 Å². The van der Waals surface area contributed by atoms with E-state index in [0.717, 1.165) is 19.3 Å². The smallest absolute Gasteiger partial charge is 0.273 e. The molecule has 7 nitrogen and oxygen atoms in total. The fraction of sp³-hybridized carbons (Fsp3) is 0.818. The average molecular weight is 288 g/mol. The van der Waals surface area contributed by atoms with Crippen molar-refractivity contribution >= 4 is 10.0 Å². The van der Waals surface area contributed by atoms with Crippen LogP contribution in [0.4, 0.5) is 0 Å². The molecule has 108 valence electrons. The van der Waals surface area contributed by atoms with Crippen LogP contribution in [0, 0.1) is 5.92 Å². The Morgan fingerprint density at radius 3 is 2.68 bits per heavy atom. The molecule has 0 spiro atoms. The number of hydrogen-bond donors (Lipinski definition) is 1. The number of nitrogens with two attached hydrogens (primary N) is 1. The van der Waals surface area contributed by atoms with Crippen LogP contribution in [0.3, 0.4) is 0 Å². The van der Waals surface area contributed by atoms with E-state index in [4.69, 9.17) is 9.88 Å². The molecule has 1 fully saturated rings. The summed E-state index contributed by atoms with van der Waals surface area (Å²) in [4.78, 5) is 0. The second kappa shape index (κ2) is 5.56. The van der Waals surface area contributed by atoms with Crippen molar-refractivity contribution in [2.75, 3.05) is 6.61 Å². The lowest BCUT2D eigenvalue weighted by Gasteiger charge is -2.23. The quantitative estimate of drug-likeness (QED) is 0.884. The summed E-state index contributed by atoms with van der Waals surface area (Å²) in [5, 5.41) is 12.7. The van der Waals surface area contributed by atoms with Gasteiger partial charge in [-0.25, -0.2) is 13.6 Å². The maximum Gasteiger partial charge on any atom is 0.273 e. The summed E-state index contributed by atoms with van der Waals surface area (Å²) < 4.78 is 30.3. The number of nitrogens with zero attached hydrogens (tertiary/aromatic N) is 3. The van der Waals surface area contributed by atoms with Gasteiger partial charge in [-0.2, -0.15) is 0 Å². The number of ether oxygens (including phenoxy) is 1. The van der Waals surface area contributed by atoms with E-state index in [1.54, 1.807) is 4.57 Å². The van der Waals surface area contributed by atoms with Crippen molar-refractivity contribution in [3.63, 3.8) is 0 Å². The van der Waals surface area contributed by atoms with Crippen molar-refractivity contribution in [2.24, 2.45) is 11.1 Å². The third-order valence-electron chi connectivity index (χ3n) is 3.02. The van der Waals surface area contributed by atoms with Crippen LogP contribution in [0.15, 0.2) is 5.16 Å². The van der Waals surface area contributed by atoms with Gasteiger partial charge in [0.05, 0.1) is 0 Å². The Bertz CT molecular complexity index is 532. The van der Waals surface area contributed by atoms with Crippen molar-refractivity contribution in [3.8, 4) is 0 Å². The highest BCUT2D eigenvalue weighted by molar-refractivity contribution is 7.89. The number of sulfonamides is 1. The summed E-state index contributed by atoms with van der Waals surface area (Å²) >= 11 is 0. The topological polar surface area (TPSA) is 100 Å². The van der Waals surface area contributed by atoms with Gasteiger partial charge in [0.1, 0.15) is 6.10 Å². The van der Waals surface area contributed by atoms with Crippen LogP contribution in [0.5, 0.6) is 0 Å². The fourth-order valence-corrected chi connectivity index (χ4v) is 2.86. The number of hydrogen-bond acceptors (Lipinski definition) is 5. The lowest BCUT2D eigenvalue weighted by Crippen LogP contribution is -2.23. The maximum atomic E-state index is 11.5. The van der Waals surface area contributed by atoms with Crippen LogP contribution in [0.25, 0.3) is 0 Å². The monoisotopic (exact) mass is 288 g/mol. The molecular weight excluding hydrogens is 268 g/mol. The predicted octanol–water partition coefficient (Wildman–Crippen LogP) is 0.823. The molecule has 2 rings (SSSR count). The summed E-state index contributed by atoms with van der Waals surface area (Å²) in [6.45, 7) is 5.18. The van der Waals surface area contributed by atoms with Gasteiger partial charge >= 0.3 is 0 Å². The van der Waals surface area contributed by atoms with E-state index in [9.17, 15) is 8.42 Å². The highest BCUT2D eigenvalue weighted by atomic mass is 32.2. The molecular formula is C11H20N4O3S. The molecule has 0 amide bonds. The molecule has 0 bridgehead atoms. The van der Waals surface area contributed by atoms with Crippen LogP contribution in [0.2, 0.25) is 0 Å². The first-order valence-electron chi connectivity index (χ1n) is 6.47. The van der Waals surface area contributed by atoms with E-state index in [1.165, 1.54) is 0 Å². The zero-order valence-electron chi connectivity index (χ0n) is 11.2. The van der Waals surface area contributed by atoms with E-state index in [2.05, 4.69) is 10.2 Å². The lowest BCUT2D eigenvalue weighted by atomic mass is 10.1. The van der Waals surface area contributed by atoms with Gasteiger partial charge in [-0.3, -0.25) is 4.57 Å². The zero-order chi connectivity index (χ0) is 14.0. The Labute approximate surface area is 113 Å². The zero-order valence-corrected chi connectivity index (χ0v) is 12.1. The van der Waals surface area contributed by atoms with Crippen LogP contribution < -0.4 is 5.14 Å². The molecule has 0 saturated carbocycles. The molecule has 1 unspecified atom stereocenters. The second-order valence-electron chi connectivity index (χ2n) is 5.25. The van der Waals surface area contributed by atoms with Crippen molar-refractivity contribution < 1.29 is 13.2 Å². The molecule has 1 aromatic rings. The first-order chi connectivity index (χ1) is 8.89. The van der Waals surface area contributed by atoms with Gasteiger partial charge in [0, 0.05) is 13.2 Å². The van der Waals surface area contributed by atoms with Gasteiger partial charge < -0.3 is 4.74 Å². The van der Waals surface area contributed by atoms with Crippen LogP contribution in [-0.4, -0.2) is 29.8 Å². The van der Waals surface area contributed by atoms with Gasteiger partial charge in [0.15, 0.2) is 5.82 Å². The first-order valence-corrected chi connectivity index (χ1v) is 8.01. The average Bonchev–Trinajstić information content (AvgIpc) is 2.72. The van der Waals surface area contributed by atoms with Crippen LogP contribution >= 0.6 is 0 Å². The molecule has 1 aliphatic rings. The number of rotatable bonds is 4. The third-order valence-corrected chi connectivity index (χ3v) is 3.83. The molecule has 8 heteroatoms. The Kier molecular flexibility index (Phi) is 4.22. The minimum absolute atomic E-state index is 0.176. The van der Waals surface area contributed by atoms with Crippen molar-refractivity contribution in [2.45, 2.75) is 50.9 Å². The van der Waals surface area contributed by atoms with Crippen molar-refractivity contribution in [1.82, 2.24) is 14.8 Å². The maximum absolute atomic E-state index is 11.5. The van der Waals surface area contributed by atoms with Crippen LogP contribution in [-0.2, 0) is 21.3 Å². The van der Waals surface area contributed by atoms with Gasteiger partial charge in [0.25, 0.3) is 15.2 Å². The van der Waals surface area contributed by atoms with E-state index in [0.29, 0.717) is 19.0 Å². The molecule has 2 N–H and O–H groups in total. The SMILES string of the molecule is CC(C)Cn1c(C2CCCCO2)nnc1S(N)(=O)=O. The van der Waals surface area contributed by atoms with Crippen molar-refractivity contribution in [1.29, 1.82) is 0 Å². The van der Waals surface area contributed by atoms with E-state index < -0.39 is 10.0 Å². The van der Waals surface area contributed by atoms with Crippen LogP contribution in [0.1, 0.15) is 45.0 Å². The first kappa shape index (κ1) is 14.4. The molecule has 2 heterocycles. The number of primary sulfonamides is 1. The van der Waals surface area contributed by atoms with Crippen molar-refractivity contribution in [3.05, 3.63) is 5.82 Å². The second-order valence-corrected chi connectivity index (χ2v) is 6.70. The highest BCUT2D eigenvalue weighted by Gasteiger charge is 2.28. The standard InChI is InChI=1S/C11H20N4O3S/c1-8(2)7-15-10(9-5-3-4-6-18-9)13-14-11(15)19(12,16)17/h8-9H,3-7H2,1-2H3,(H2,12,16,17). The summed E-state index contributed by atoms with van der Waals surface area (Å²) in [6.07, 6.45) is 2.72. The Morgan fingerprint density at radius 1 is 1.42 bits per heavy atom. The predicted molar refractivity (Wildman–Crippen MR) is 68.8 cm³/mol. The van der Waals surface area contributed by atoms with Gasteiger partial charge in [0.2, 0.25) is 0 Å². The Morgan fingerprint density at radius 2 is 2.16 bits per heavy atom. The molecule has 1 aromatic heterocycles. The van der Waals surface area contributed by atoms with Gasteiger partial charge in [-0.1, -0.05) is 13.8 Å². The summed E-state index contributed by atoms with van der Waals surface area (Å²) in [6, 6.07) is 0. The molecule has 0 aromatic carbocycles. The molecule has 19 heavy (non-hydrogen) atoms. The normalized spacial score (nSPS) is 20.9. The summed E-state index contributed by atoms with van der Waals surface area (Å²) in [5.74, 6) is 0.830. The summed E-state index contributed by atoms with van der Waals surface area (Å²) in [5.41, 5.74) is 0. The van der Waals surface area contributed by atoms with E-state index in [-0.39, 0.29) is 17.2 Å². The fourth-order valence-electron chi connectivity index (χ4n) is 2.23. The largest absolute Gasteiger partial charge is 0.370 e. The molecule has 0 radical (unpaired) electrons. The highest BCUT2D eigenvalue weighted by Crippen LogP contribution is 2.28. The molecule has 0 aliphatic carbocycles. The van der Waals surface area contributed by atoms with Gasteiger partial charge in [-0.05, 0) is 25.2 Å².